The topological polar surface area (TPSA) is 149 Å². The van der Waals surface area contributed by atoms with Gasteiger partial charge in [-0.25, -0.2) is 0 Å². The number of aliphatic hydroxyl groups excluding tert-OH is 5. The molecule has 1 heterocycles. The van der Waals surface area contributed by atoms with Crippen LogP contribution in [0.4, 0.5) is 0 Å². The van der Waals surface area contributed by atoms with Crippen LogP contribution in [0.2, 0.25) is 0 Å². The highest BCUT2D eigenvalue weighted by Gasteiger charge is 2.44. The van der Waals surface area contributed by atoms with Crippen molar-refractivity contribution in [1.82, 2.24) is 5.32 Å². The van der Waals surface area contributed by atoms with Gasteiger partial charge in [0.1, 0.15) is 24.4 Å². The van der Waals surface area contributed by atoms with Gasteiger partial charge in [-0.1, -0.05) is 262 Å². The SMILES string of the molecule is CCCCCCC/C=C/CC/C=C/C(O)C(COC1OC(CO)C(O)C(O)C1O)NC(=O)CCCCCCCCCCCCCCCCCCC/C=C\C/C=C\CCCCCCCCCCCCCCC. The Morgan fingerprint density at radius 2 is 0.845 bits per heavy atom. The van der Waals surface area contributed by atoms with Crippen LogP contribution in [-0.4, -0.2) is 87.5 Å². The summed E-state index contributed by atoms with van der Waals surface area (Å²) in [7, 11) is 0. The molecule has 1 fully saturated rings. The van der Waals surface area contributed by atoms with Crippen molar-refractivity contribution in [2.75, 3.05) is 13.2 Å². The third kappa shape index (κ3) is 41.1. The summed E-state index contributed by atoms with van der Waals surface area (Å²) in [6, 6.07) is -0.820. The van der Waals surface area contributed by atoms with Gasteiger partial charge in [0, 0.05) is 6.42 Å². The molecule has 0 radical (unpaired) electrons. The van der Waals surface area contributed by atoms with Crippen molar-refractivity contribution in [2.24, 2.45) is 0 Å². The van der Waals surface area contributed by atoms with E-state index in [4.69, 9.17) is 9.47 Å². The van der Waals surface area contributed by atoms with Crippen LogP contribution in [0.3, 0.4) is 0 Å². The maximum absolute atomic E-state index is 13.0. The van der Waals surface area contributed by atoms with Crippen LogP contribution in [-0.2, 0) is 14.3 Å². The van der Waals surface area contributed by atoms with E-state index in [-0.39, 0.29) is 12.5 Å². The Hall–Kier alpha value is -1.85. The lowest BCUT2D eigenvalue weighted by molar-refractivity contribution is -0.302. The third-order valence-electron chi connectivity index (χ3n) is 14.4. The van der Waals surface area contributed by atoms with E-state index in [9.17, 15) is 30.3 Å². The van der Waals surface area contributed by atoms with Crippen LogP contribution in [0.15, 0.2) is 48.6 Å². The predicted molar refractivity (Wildman–Crippen MR) is 299 cm³/mol. The van der Waals surface area contributed by atoms with E-state index in [0.717, 1.165) is 44.9 Å². The summed E-state index contributed by atoms with van der Waals surface area (Å²) in [5.41, 5.74) is 0. The fourth-order valence-corrected chi connectivity index (χ4v) is 9.56. The molecule has 6 N–H and O–H groups in total. The first-order chi connectivity index (χ1) is 34.8. The molecule has 1 aliphatic heterocycles. The highest BCUT2D eigenvalue weighted by Crippen LogP contribution is 2.23. The molecule has 416 valence electrons. The fraction of sp³-hybridized carbons (Fsp3) is 0.855. The average molecular weight is 1000 g/mol. The summed E-state index contributed by atoms with van der Waals surface area (Å²) < 4.78 is 11.2. The number of unbranched alkanes of at least 4 members (excludes halogenated alkanes) is 36. The number of amides is 1. The fourth-order valence-electron chi connectivity index (χ4n) is 9.56. The molecule has 0 aromatic heterocycles. The van der Waals surface area contributed by atoms with Crippen molar-refractivity contribution in [3.63, 3.8) is 0 Å². The molecule has 1 saturated heterocycles. The smallest absolute Gasteiger partial charge is 0.220 e. The van der Waals surface area contributed by atoms with Gasteiger partial charge >= 0.3 is 0 Å². The van der Waals surface area contributed by atoms with Gasteiger partial charge in [-0.3, -0.25) is 4.79 Å². The van der Waals surface area contributed by atoms with Crippen LogP contribution in [0, 0.1) is 0 Å². The van der Waals surface area contributed by atoms with Crippen molar-refractivity contribution in [1.29, 1.82) is 0 Å². The number of ether oxygens (including phenoxy) is 2. The molecule has 0 aromatic carbocycles. The number of carbonyl (C=O) groups is 1. The lowest BCUT2D eigenvalue weighted by Gasteiger charge is -2.40. The van der Waals surface area contributed by atoms with E-state index < -0.39 is 49.5 Å². The monoisotopic (exact) mass is 1000 g/mol. The number of hydrogen-bond acceptors (Lipinski definition) is 8. The first-order valence-corrected chi connectivity index (χ1v) is 30.4. The minimum Gasteiger partial charge on any atom is -0.394 e. The van der Waals surface area contributed by atoms with E-state index in [2.05, 4.69) is 55.6 Å². The average Bonchev–Trinajstić information content (AvgIpc) is 3.37. The van der Waals surface area contributed by atoms with Gasteiger partial charge in [-0.15, -0.1) is 0 Å². The van der Waals surface area contributed by atoms with Gasteiger partial charge in [0.25, 0.3) is 0 Å². The van der Waals surface area contributed by atoms with E-state index in [1.165, 1.54) is 218 Å². The molecule has 9 nitrogen and oxygen atoms in total. The minimum absolute atomic E-state index is 0.186. The van der Waals surface area contributed by atoms with Gasteiger partial charge in [-0.2, -0.15) is 0 Å². The van der Waals surface area contributed by atoms with Gasteiger partial charge in [0.05, 0.1) is 25.4 Å². The molecule has 1 aliphatic rings. The highest BCUT2D eigenvalue weighted by molar-refractivity contribution is 5.76. The van der Waals surface area contributed by atoms with E-state index in [0.29, 0.717) is 6.42 Å². The normalized spacial score (nSPS) is 19.6. The van der Waals surface area contributed by atoms with Crippen molar-refractivity contribution in [2.45, 2.75) is 326 Å². The maximum atomic E-state index is 13.0. The zero-order valence-corrected chi connectivity index (χ0v) is 46.2. The largest absolute Gasteiger partial charge is 0.394 e. The van der Waals surface area contributed by atoms with Crippen LogP contribution in [0.5, 0.6) is 0 Å². The Kier molecular flexibility index (Phi) is 48.8. The summed E-state index contributed by atoms with van der Waals surface area (Å²) in [5, 5.41) is 54.3. The van der Waals surface area contributed by atoms with E-state index in [1.54, 1.807) is 6.08 Å². The second kappa shape index (κ2) is 51.6. The molecule has 0 saturated carbocycles. The minimum atomic E-state index is -1.57. The predicted octanol–water partition coefficient (Wildman–Crippen LogP) is 15.3. The Morgan fingerprint density at radius 1 is 0.479 bits per heavy atom. The summed E-state index contributed by atoms with van der Waals surface area (Å²) in [5.74, 6) is -0.186. The van der Waals surface area contributed by atoms with E-state index >= 15 is 0 Å². The molecular formula is C62H115NO8. The second-order valence-electron chi connectivity index (χ2n) is 21.1. The van der Waals surface area contributed by atoms with Gasteiger partial charge in [-0.05, 0) is 64.2 Å². The number of nitrogens with one attached hydrogen (secondary N) is 1. The molecule has 9 heteroatoms. The molecule has 0 aliphatic carbocycles. The molecule has 1 rings (SSSR count). The van der Waals surface area contributed by atoms with Crippen molar-refractivity contribution in [3.8, 4) is 0 Å². The molecule has 0 aromatic rings. The van der Waals surface area contributed by atoms with Crippen LogP contribution < -0.4 is 5.32 Å². The first-order valence-electron chi connectivity index (χ1n) is 30.4. The van der Waals surface area contributed by atoms with Gasteiger partial charge < -0.3 is 40.3 Å². The van der Waals surface area contributed by atoms with Crippen molar-refractivity contribution < 1.29 is 39.8 Å². The zero-order chi connectivity index (χ0) is 51.5. The lowest BCUT2D eigenvalue weighted by atomic mass is 9.99. The number of aliphatic hydroxyl groups is 5. The van der Waals surface area contributed by atoms with Crippen molar-refractivity contribution >= 4 is 5.91 Å². The third-order valence-corrected chi connectivity index (χ3v) is 14.4. The van der Waals surface area contributed by atoms with Crippen LogP contribution in [0.25, 0.3) is 0 Å². The Balaban J connectivity index is 2.05. The molecule has 1 amide bonds. The standard InChI is InChI=1S/C62H115NO8/c1-3-5-7-9-11-13-15-16-17-18-19-20-21-22-23-24-25-26-27-28-29-30-31-32-33-34-35-36-37-38-39-40-42-44-46-48-50-52-58(66)63-55(54-70-62-61(69)60(68)59(67)57(53-64)71-62)56(65)51-49-47-45-43-41-14-12-10-8-6-4-2/h23-24,26-27,41,43,49,51,55-57,59-62,64-65,67-69H,3-22,25,28-40,42,44-48,50,52-54H2,1-2H3,(H,63,66)/b24-23-,27-26-,43-41+,51-49+. The highest BCUT2D eigenvalue weighted by atomic mass is 16.7. The lowest BCUT2D eigenvalue weighted by Crippen LogP contribution is -2.60. The Bertz CT molecular complexity index is 1250. The Morgan fingerprint density at radius 3 is 1.27 bits per heavy atom. The Labute approximate surface area is 437 Å². The number of rotatable bonds is 52. The van der Waals surface area contributed by atoms with Crippen LogP contribution >= 0.6 is 0 Å². The quantitative estimate of drug-likeness (QED) is 0.0261. The second-order valence-corrected chi connectivity index (χ2v) is 21.1. The van der Waals surface area contributed by atoms with Crippen LogP contribution in [0.1, 0.15) is 284 Å². The summed E-state index contributed by atoms with van der Waals surface area (Å²) >= 11 is 0. The van der Waals surface area contributed by atoms with Gasteiger partial charge in [0.2, 0.25) is 5.91 Å². The van der Waals surface area contributed by atoms with Gasteiger partial charge in [0.15, 0.2) is 6.29 Å². The summed E-state index contributed by atoms with van der Waals surface area (Å²) in [6.45, 7) is 3.75. The van der Waals surface area contributed by atoms with E-state index in [1.807, 2.05) is 6.08 Å². The molecular weight excluding hydrogens is 887 g/mol. The maximum Gasteiger partial charge on any atom is 0.220 e. The zero-order valence-electron chi connectivity index (χ0n) is 46.2. The summed E-state index contributed by atoms with van der Waals surface area (Å²) in [6.07, 6.45) is 62.2. The number of allylic oxidation sites excluding steroid dienone is 7. The molecule has 71 heavy (non-hydrogen) atoms. The molecule has 7 unspecified atom stereocenters. The number of carbonyl (C=O) groups excluding carboxylic acids is 1. The summed E-state index contributed by atoms with van der Waals surface area (Å²) in [4.78, 5) is 13.0. The molecule has 7 atom stereocenters. The number of hydrogen-bond donors (Lipinski definition) is 6. The first kappa shape index (κ1) is 67.2. The molecule has 0 bridgehead atoms. The van der Waals surface area contributed by atoms with Crippen molar-refractivity contribution in [3.05, 3.63) is 48.6 Å². The molecule has 0 spiro atoms.